The number of unbranched alkanes of at least 4 members (excludes halogenated alkanes) is 37. The van der Waals surface area contributed by atoms with Crippen LogP contribution >= 0.6 is 0 Å². The van der Waals surface area contributed by atoms with Gasteiger partial charge in [0.05, 0.1) is 34.4 Å². The number of hydrogen-bond donors (Lipinski definition) is 1. The van der Waals surface area contributed by atoms with Gasteiger partial charge in [-0.15, -0.1) is 0 Å². The molecule has 2 unspecified atom stereocenters. The number of nitrogens with zero attached hydrogens (tertiary/aromatic N) is 1. The molecule has 82 heavy (non-hydrogen) atoms. The predicted octanol–water partition coefficient (Wildman–Crippen LogP) is 21.3. The molecule has 0 spiro atoms. The zero-order valence-electron chi connectivity index (χ0n) is 54.4. The lowest BCUT2D eigenvalue weighted by Crippen LogP contribution is -2.40. The molecule has 1 N–H and O–H groups in total. The fraction of sp³-hybridized carbons (Fsp3) is 0.795. The van der Waals surface area contributed by atoms with Gasteiger partial charge in [-0.05, 0) is 64.2 Å². The van der Waals surface area contributed by atoms with Crippen molar-refractivity contribution in [3.63, 3.8) is 0 Å². The maximum atomic E-state index is 12.9. The largest absolute Gasteiger partial charge is 0.477 e. The summed E-state index contributed by atoms with van der Waals surface area (Å²) >= 11 is 0. The van der Waals surface area contributed by atoms with Gasteiger partial charge in [0.15, 0.2) is 6.10 Å². The number of hydrogen-bond acceptors (Lipinski definition) is 7. The van der Waals surface area contributed by atoms with Crippen LogP contribution in [0.1, 0.15) is 316 Å². The molecule has 0 rings (SSSR count). The molecule has 0 fully saturated rings. The summed E-state index contributed by atoms with van der Waals surface area (Å²) in [5.74, 6) is -1.99. The molecule has 0 aliphatic heterocycles. The summed E-state index contributed by atoms with van der Waals surface area (Å²) in [5.41, 5.74) is 0. The van der Waals surface area contributed by atoms with Crippen molar-refractivity contribution in [1.29, 1.82) is 0 Å². The van der Waals surface area contributed by atoms with E-state index >= 15 is 0 Å². The molecule has 0 amide bonds. The third-order valence-electron chi connectivity index (χ3n) is 15.2. The molecule has 0 aromatic rings. The van der Waals surface area contributed by atoms with E-state index in [4.69, 9.17) is 18.9 Å². The Bertz CT molecular complexity index is 1570. The second-order valence-corrected chi connectivity index (χ2v) is 24.5. The van der Waals surface area contributed by atoms with E-state index in [2.05, 4.69) is 86.8 Å². The number of rotatable bonds is 64. The maximum absolute atomic E-state index is 12.9. The first kappa shape index (κ1) is 78.7. The lowest BCUT2D eigenvalue weighted by molar-refractivity contribution is -0.870. The van der Waals surface area contributed by atoms with E-state index < -0.39 is 24.3 Å². The molecule has 0 heterocycles. The van der Waals surface area contributed by atoms with Crippen LogP contribution in [0.5, 0.6) is 0 Å². The summed E-state index contributed by atoms with van der Waals surface area (Å²) in [5, 5.41) is 9.74. The minimum atomic E-state index is -1.51. The van der Waals surface area contributed by atoms with E-state index in [1.165, 1.54) is 212 Å². The third-order valence-corrected chi connectivity index (χ3v) is 15.2. The van der Waals surface area contributed by atoms with Crippen molar-refractivity contribution in [3.05, 3.63) is 72.9 Å². The van der Waals surface area contributed by atoms with Gasteiger partial charge in [-0.3, -0.25) is 9.59 Å². The lowest BCUT2D eigenvalue weighted by Gasteiger charge is -2.25. The maximum Gasteiger partial charge on any atom is 0.361 e. The molecule has 0 radical (unpaired) electrons. The highest BCUT2D eigenvalue weighted by atomic mass is 16.7. The number of carbonyl (C=O) groups excluding carboxylic acids is 2. The van der Waals surface area contributed by atoms with Gasteiger partial charge in [0, 0.05) is 12.8 Å². The summed E-state index contributed by atoms with van der Waals surface area (Å²) in [6.45, 7) is 4.81. The second-order valence-electron chi connectivity index (χ2n) is 24.5. The summed E-state index contributed by atoms with van der Waals surface area (Å²) in [7, 11) is 5.98. The average Bonchev–Trinajstić information content (AvgIpc) is 3.45. The molecule has 0 aromatic heterocycles. The van der Waals surface area contributed by atoms with E-state index in [0.717, 1.165) is 77.0 Å². The Morgan fingerprint density at radius 2 is 0.695 bits per heavy atom. The third kappa shape index (κ3) is 64.3. The molecule has 0 aliphatic carbocycles. The molecular formula is C73H132NO8+. The minimum Gasteiger partial charge on any atom is -0.477 e. The smallest absolute Gasteiger partial charge is 0.361 e. The normalized spacial score (nSPS) is 13.1. The van der Waals surface area contributed by atoms with Crippen molar-refractivity contribution in [2.75, 3.05) is 47.5 Å². The Morgan fingerprint density at radius 3 is 1.04 bits per heavy atom. The molecule has 9 nitrogen and oxygen atoms in total. The number of carboxylic acids is 1. The number of carboxylic acid groups (broad SMARTS) is 1. The number of allylic oxidation sites excluding steroid dienone is 12. The van der Waals surface area contributed by atoms with Crippen LogP contribution in [0.2, 0.25) is 0 Å². The fourth-order valence-electron chi connectivity index (χ4n) is 9.96. The van der Waals surface area contributed by atoms with Crippen LogP contribution in [0.25, 0.3) is 0 Å². The van der Waals surface area contributed by atoms with Gasteiger partial charge in [-0.1, -0.05) is 311 Å². The summed E-state index contributed by atoms with van der Waals surface area (Å²) in [6.07, 6.45) is 81.5. The first-order chi connectivity index (χ1) is 40.1. The lowest BCUT2D eigenvalue weighted by atomic mass is 10.0. The van der Waals surface area contributed by atoms with Crippen LogP contribution in [0.4, 0.5) is 0 Å². The second kappa shape index (κ2) is 63.7. The minimum absolute atomic E-state index is 0.180. The van der Waals surface area contributed by atoms with Gasteiger partial charge in [-0.25, -0.2) is 4.79 Å². The highest BCUT2D eigenvalue weighted by Gasteiger charge is 2.25. The Kier molecular flexibility index (Phi) is 61.2. The Balaban J connectivity index is 4.10. The first-order valence-electron chi connectivity index (χ1n) is 34.6. The van der Waals surface area contributed by atoms with Crippen LogP contribution in [0.3, 0.4) is 0 Å². The van der Waals surface area contributed by atoms with Gasteiger partial charge in [0.2, 0.25) is 0 Å². The number of likely N-dealkylation sites (N-methyl/N-ethyl adjacent to an activating group) is 1. The van der Waals surface area contributed by atoms with E-state index in [1.54, 1.807) is 0 Å². The number of aliphatic carboxylic acids is 1. The van der Waals surface area contributed by atoms with E-state index in [-0.39, 0.29) is 32.2 Å². The van der Waals surface area contributed by atoms with E-state index in [9.17, 15) is 19.5 Å². The van der Waals surface area contributed by atoms with Crippen molar-refractivity contribution >= 4 is 17.9 Å². The molecule has 2 atom stereocenters. The van der Waals surface area contributed by atoms with Crippen LogP contribution in [-0.2, 0) is 33.3 Å². The van der Waals surface area contributed by atoms with Gasteiger partial charge in [0.1, 0.15) is 13.2 Å². The summed E-state index contributed by atoms with van der Waals surface area (Å²) in [4.78, 5) is 37.6. The van der Waals surface area contributed by atoms with Gasteiger partial charge in [0.25, 0.3) is 6.29 Å². The van der Waals surface area contributed by atoms with E-state index in [0.29, 0.717) is 17.4 Å². The fourth-order valence-corrected chi connectivity index (χ4v) is 9.96. The van der Waals surface area contributed by atoms with Gasteiger partial charge in [-0.2, -0.15) is 0 Å². The van der Waals surface area contributed by atoms with Crippen molar-refractivity contribution in [2.24, 2.45) is 0 Å². The topological polar surface area (TPSA) is 108 Å². The molecular weight excluding hydrogens is 1020 g/mol. The first-order valence-corrected chi connectivity index (χ1v) is 34.6. The zero-order chi connectivity index (χ0) is 59.8. The molecule has 9 heteroatoms. The van der Waals surface area contributed by atoms with Crippen molar-refractivity contribution in [2.45, 2.75) is 328 Å². The average molecular weight is 1150 g/mol. The van der Waals surface area contributed by atoms with Crippen LogP contribution < -0.4 is 0 Å². The highest BCUT2D eigenvalue weighted by molar-refractivity contribution is 5.71. The summed E-state index contributed by atoms with van der Waals surface area (Å²) in [6, 6.07) is 0. The van der Waals surface area contributed by atoms with Crippen molar-refractivity contribution in [1.82, 2.24) is 0 Å². The number of quaternary nitrogens is 1. The van der Waals surface area contributed by atoms with Crippen molar-refractivity contribution < 1.29 is 42.9 Å². The quantitative estimate of drug-likeness (QED) is 0.0211. The molecule has 0 bridgehead atoms. The van der Waals surface area contributed by atoms with Gasteiger partial charge < -0.3 is 28.5 Å². The Labute approximate surface area is 507 Å². The van der Waals surface area contributed by atoms with E-state index in [1.807, 2.05) is 21.1 Å². The number of ether oxygens (including phenoxy) is 4. The van der Waals surface area contributed by atoms with Crippen LogP contribution in [0, 0.1) is 0 Å². The van der Waals surface area contributed by atoms with Crippen molar-refractivity contribution in [3.8, 4) is 0 Å². The molecule has 0 aromatic carbocycles. The Morgan fingerprint density at radius 1 is 0.378 bits per heavy atom. The zero-order valence-corrected chi connectivity index (χ0v) is 54.4. The monoisotopic (exact) mass is 1150 g/mol. The van der Waals surface area contributed by atoms with Gasteiger partial charge >= 0.3 is 17.9 Å². The highest BCUT2D eigenvalue weighted by Crippen LogP contribution is 2.18. The Hall–Kier alpha value is -3.27. The molecule has 476 valence electrons. The van der Waals surface area contributed by atoms with Crippen LogP contribution in [0.15, 0.2) is 72.9 Å². The summed E-state index contributed by atoms with van der Waals surface area (Å²) < 4.78 is 23.0. The molecule has 0 saturated carbocycles. The number of esters is 2. The van der Waals surface area contributed by atoms with Crippen LogP contribution in [-0.4, -0.2) is 87.4 Å². The standard InChI is InChI=1S/C73H131NO8/c1-6-8-10-12-14-16-18-20-22-24-26-28-30-32-33-34-35-36-37-38-39-40-42-44-46-48-50-52-54-56-58-60-62-64-71(76)82-69(68-81-73(72(77)78)79-66-65-74(3,4)5)67-80-70(75)63-61-59-57-55-53-51-49-47-45-43-41-31-29-27-25-23-21-19-17-15-13-11-9-7-2/h8,10,14,16,20,22,26,28,32-33,35-36,69,73H,6-7,9,11-13,15,17-19,21,23-25,27,29-31,34,37-68H2,1-5H3/p+1/b10-8-,16-14-,22-20-,28-26-,33-32-,36-35-. The SMILES string of the molecule is CC/C=C\C/C=C\C/C=C\C/C=C\C/C=C\C/C=C\CCCCCCCCCCCCCCCCC(=O)OC(COC(=O)CCCCCCCCCCCCCCCCCCCCCCCCCC)COC(OCC[N+](C)(C)C)C(=O)O. The number of carbonyl (C=O) groups is 3. The molecule has 0 saturated heterocycles. The molecule has 0 aliphatic rings. The predicted molar refractivity (Wildman–Crippen MR) is 350 cm³/mol.